The van der Waals surface area contributed by atoms with Crippen molar-refractivity contribution in [2.75, 3.05) is 33.9 Å². The molecule has 7 heteroatoms. The van der Waals surface area contributed by atoms with Crippen LogP contribution in [0.3, 0.4) is 0 Å². The van der Waals surface area contributed by atoms with Gasteiger partial charge in [-0.3, -0.25) is 14.4 Å². The van der Waals surface area contributed by atoms with Crippen LogP contribution in [0.2, 0.25) is 0 Å². The zero-order valence-electron chi connectivity index (χ0n) is 31.6. The number of esters is 3. The van der Waals surface area contributed by atoms with Gasteiger partial charge in [-0.15, -0.1) is 0 Å². The van der Waals surface area contributed by atoms with E-state index in [1.165, 1.54) is 51.4 Å². The van der Waals surface area contributed by atoms with E-state index >= 15 is 0 Å². The molecule has 0 N–H and O–H groups in total. The summed E-state index contributed by atoms with van der Waals surface area (Å²) in [7, 11) is 4.15. The molecular formula is C40H73NO6. The quantitative estimate of drug-likeness (QED) is 0.0316. The molecule has 0 aromatic heterocycles. The van der Waals surface area contributed by atoms with E-state index in [-0.39, 0.29) is 35.3 Å². The smallest absolute Gasteiger partial charge is 0.306 e. The molecule has 0 aromatic rings. The van der Waals surface area contributed by atoms with Crippen LogP contribution in [0, 0.1) is 11.3 Å². The molecular weight excluding hydrogens is 590 g/mol. The topological polar surface area (TPSA) is 82.1 Å². The van der Waals surface area contributed by atoms with Crippen molar-refractivity contribution in [2.24, 2.45) is 11.3 Å². The van der Waals surface area contributed by atoms with E-state index in [9.17, 15) is 14.4 Å². The molecule has 0 bridgehead atoms. The Hall–Kier alpha value is -2.15. The number of ether oxygens (including phenoxy) is 3. The molecule has 0 aliphatic carbocycles. The molecule has 274 valence electrons. The molecule has 0 heterocycles. The number of unbranched alkanes of at least 4 members (excludes halogenated alkanes) is 10. The molecule has 0 rings (SSSR count). The van der Waals surface area contributed by atoms with Crippen LogP contribution in [0.1, 0.15) is 163 Å². The van der Waals surface area contributed by atoms with Crippen LogP contribution in [0.4, 0.5) is 0 Å². The Bertz CT molecular complexity index is 804. The molecule has 0 spiro atoms. The largest absolute Gasteiger partial charge is 0.462 e. The SMILES string of the molecule is CCCCCC/C=C\COC(=O)CCCCC(CCCCC(=O)OC/C=C\CCCCCC)OC(=O)CC(C)CC(C)(C)CN(C)C. The summed E-state index contributed by atoms with van der Waals surface area (Å²) in [5.41, 5.74) is 0.112. The molecule has 0 fully saturated rings. The molecule has 0 saturated heterocycles. The third-order valence-electron chi connectivity index (χ3n) is 8.24. The van der Waals surface area contributed by atoms with Gasteiger partial charge in [-0.1, -0.05) is 97.4 Å². The number of carbonyl (C=O) groups is 3. The summed E-state index contributed by atoms with van der Waals surface area (Å²) in [5.74, 6) is -0.315. The number of nitrogens with zero attached hydrogens (tertiary/aromatic N) is 1. The lowest BCUT2D eigenvalue weighted by atomic mass is 9.82. The van der Waals surface area contributed by atoms with Crippen molar-refractivity contribution in [1.82, 2.24) is 4.90 Å². The van der Waals surface area contributed by atoms with Crippen LogP contribution >= 0.6 is 0 Å². The van der Waals surface area contributed by atoms with Crippen molar-refractivity contribution in [3.8, 4) is 0 Å². The van der Waals surface area contributed by atoms with E-state index in [0.717, 1.165) is 38.6 Å². The summed E-state index contributed by atoms with van der Waals surface area (Å²) in [4.78, 5) is 39.5. The van der Waals surface area contributed by atoms with E-state index in [2.05, 4.69) is 65.8 Å². The normalized spacial score (nSPS) is 12.8. The molecule has 0 radical (unpaired) electrons. The van der Waals surface area contributed by atoms with Crippen LogP contribution in [0.15, 0.2) is 24.3 Å². The van der Waals surface area contributed by atoms with E-state index in [1.54, 1.807) is 0 Å². The van der Waals surface area contributed by atoms with Crippen molar-refractivity contribution < 1.29 is 28.6 Å². The second-order valence-electron chi connectivity index (χ2n) is 14.5. The van der Waals surface area contributed by atoms with Gasteiger partial charge in [0.25, 0.3) is 0 Å². The number of allylic oxidation sites excluding steroid dienone is 2. The van der Waals surface area contributed by atoms with Crippen molar-refractivity contribution in [3.63, 3.8) is 0 Å². The zero-order chi connectivity index (χ0) is 35.2. The first-order chi connectivity index (χ1) is 22.5. The molecule has 7 nitrogen and oxygen atoms in total. The highest BCUT2D eigenvalue weighted by atomic mass is 16.5. The van der Waals surface area contributed by atoms with Crippen LogP contribution in [-0.4, -0.2) is 62.8 Å². The molecule has 0 amide bonds. The minimum atomic E-state index is -0.220. The third-order valence-corrected chi connectivity index (χ3v) is 8.24. The highest BCUT2D eigenvalue weighted by Gasteiger charge is 2.25. The van der Waals surface area contributed by atoms with Crippen LogP contribution < -0.4 is 0 Å². The highest BCUT2D eigenvalue weighted by Crippen LogP contribution is 2.28. The summed E-state index contributed by atoms with van der Waals surface area (Å²) < 4.78 is 16.7. The van der Waals surface area contributed by atoms with Crippen LogP contribution in [0.25, 0.3) is 0 Å². The van der Waals surface area contributed by atoms with Crippen molar-refractivity contribution in [3.05, 3.63) is 24.3 Å². The lowest BCUT2D eigenvalue weighted by molar-refractivity contribution is -0.151. The van der Waals surface area contributed by atoms with E-state index in [4.69, 9.17) is 14.2 Å². The second kappa shape index (κ2) is 29.9. The maximum atomic E-state index is 13.0. The summed E-state index contributed by atoms with van der Waals surface area (Å²) in [6.07, 6.45) is 26.1. The molecule has 47 heavy (non-hydrogen) atoms. The minimum absolute atomic E-state index is 0.112. The van der Waals surface area contributed by atoms with Gasteiger partial charge in [-0.2, -0.15) is 0 Å². The van der Waals surface area contributed by atoms with Gasteiger partial charge in [0.15, 0.2) is 0 Å². The predicted octanol–water partition coefficient (Wildman–Crippen LogP) is 10.2. The standard InChI is InChI=1S/C40H73NO6/c1-8-10-12-14-16-18-24-30-45-37(42)28-22-20-26-36(47-39(44)32-35(3)33-40(4,5)34-41(6)7)27-21-23-29-38(43)46-31-25-19-17-15-13-11-9-2/h18-19,24-25,35-36H,8-17,20-23,26-34H2,1-7H3/b24-18-,25-19-. The highest BCUT2D eigenvalue weighted by molar-refractivity contribution is 5.70. The Morgan fingerprint density at radius 3 is 1.60 bits per heavy atom. The predicted molar refractivity (Wildman–Crippen MR) is 195 cm³/mol. The van der Waals surface area contributed by atoms with Gasteiger partial charge < -0.3 is 19.1 Å². The van der Waals surface area contributed by atoms with Crippen LogP contribution in [0.5, 0.6) is 0 Å². The third kappa shape index (κ3) is 30.9. The molecule has 0 aliphatic rings. The van der Waals surface area contributed by atoms with E-state index in [1.807, 2.05) is 12.2 Å². The lowest BCUT2D eigenvalue weighted by Crippen LogP contribution is -2.31. The fourth-order valence-electron chi connectivity index (χ4n) is 6.18. The van der Waals surface area contributed by atoms with Gasteiger partial charge >= 0.3 is 17.9 Å². The molecule has 1 unspecified atom stereocenters. The van der Waals surface area contributed by atoms with Gasteiger partial charge in [0, 0.05) is 25.8 Å². The Labute approximate surface area is 289 Å². The first-order valence-electron chi connectivity index (χ1n) is 18.9. The second-order valence-corrected chi connectivity index (χ2v) is 14.5. The molecule has 0 saturated carbocycles. The fraction of sp³-hybridized carbons (Fsp3) is 0.825. The Morgan fingerprint density at radius 1 is 0.660 bits per heavy atom. The summed E-state index contributed by atoms with van der Waals surface area (Å²) in [5, 5.41) is 0. The van der Waals surface area contributed by atoms with Gasteiger partial charge in [0.05, 0.1) is 0 Å². The summed E-state index contributed by atoms with van der Waals surface area (Å²) in [6, 6.07) is 0. The van der Waals surface area contributed by atoms with E-state index < -0.39 is 0 Å². The maximum absolute atomic E-state index is 13.0. The lowest BCUT2D eigenvalue weighted by Gasteiger charge is -2.31. The number of rotatable bonds is 31. The Kier molecular flexibility index (Phi) is 28.6. The monoisotopic (exact) mass is 664 g/mol. The zero-order valence-corrected chi connectivity index (χ0v) is 31.6. The first-order valence-corrected chi connectivity index (χ1v) is 18.9. The van der Waals surface area contributed by atoms with Crippen LogP contribution in [-0.2, 0) is 28.6 Å². The van der Waals surface area contributed by atoms with Gasteiger partial charge in [-0.05, 0) is 96.1 Å². The van der Waals surface area contributed by atoms with Crippen molar-refractivity contribution in [1.29, 1.82) is 0 Å². The van der Waals surface area contributed by atoms with Gasteiger partial charge in [0.2, 0.25) is 0 Å². The van der Waals surface area contributed by atoms with E-state index in [0.29, 0.717) is 58.2 Å². The minimum Gasteiger partial charge on any atom is -0.462 e. The van der Waals surface area contributed by atoms with Crippen molar-refractivity contribution in [2.45, 2.75) is 169 Å². The number of carbonyl (C=O) groups excluding carboxylic acids is 3. The summed E-state index contributed by atoms with van der Waals surface area (Å²) in [6.45, 7) is 12.6. The van der Waals surface area contributed by atoms with Gasteiger partial charge in [-0.25, -0.2) is 0 Å². The van der Waals surface area contributed by atoms with Gasteiger partial charge in [0.1, 0.15) is 19.3 Å². The molecule has 0 aromatic carbocycles. The molecule has 0 aliphatic heterocycles. The Balaban J connectivity index is 4.63. The first kappa shape index (κ1) is 44.9. The Morgan fingerprint density at radius 2 is 1.15 bits per heavy atom. The van der Waals surface area contributed by atoms with Crippen molar-refractivity contribution >= 4 is 17.9 Å². The summed E-state index contributed by atoms with van der Waals surface area (Å²) >= 11 is 0. The maximum Gasteiger partial charge on any atom is 0.306 e. The average Bonchev–Trinajstić information content (AvgIpc) is 2.98. The molecule has 1 atom stereocenters. The fourth-order valence-corrected chi connectivity index (χ4v) is 6.18. The average molecular weight is 664 g/mol. The number of hydrogen-bond donors (Lipinski definition) is 0. The number of hydrogen-bond acceptors (Lipinski definition) is 7.